The van der Waals surface area contributed by atoms with Gasteiger partial charge in [-0.25, -0.2) is 0 Å². The molecule has 1 aliphatic rings. The third-order valence-electron chi connectivity index (χ3n) is 3.35. The molecule has 0 heterocycles. The first kappa shape index (κ1) is 12.6. The minimum atomic E-state index is -0.421. The number of nitrogens with one attached hydrogen (secondary N) is 1. The molecule has 3 nitrogen and oxygen atoms in total. The number of hydrogen-bond acceptors (Lipinski definition) is 2. The second kappa shape index (κ2) is 5.68. The van der Waals surface area contributed by atoms with Crippen LogP contribution in [-0.2, 0) is 24.1 Å². The molecule has 0 radical (unpaired) electrons. The normalized spacial score (nSPS) is 15.3. The zero-order valence-electron chi connectivity index (χ0n) is 10.7. The zero-order chi connectivity index (χ0) is 13.0. The summed E-state index contributed by atoms with van der Waals surface area (Å²) in [4.78, 5) is 11.7. The number of carbonyl (C=O) groups excluding carboxylic acids is 1. The van der Waals surface area contributed by atoms with E-state index in [4.69, 9.17) is 5.26 Å². The maximum atomic E-state index is 11.7. The molecule has 3 heteroatoms. The predicted molar refractivity (Wildman–Crippen MR) is 70.0 cm³/mol. The van der Waals surface area contributed by atoms with Gasteiger partial charge in [-0.3, -0.25) is 4.79 Å². The topological polar surface area (TPSA) is 52.9 Å². The monoisotopic (exact) mass is 242 g/mol. The Hall–Kier alpha value is -1.82. The number of benzene rings is 1. The minimum absolute atomic E-state index is 0.0835. The Bertz CT molecular complexity index is 488. The summed E-state index contributed by atoms with van der Waals surface area (Å²) in [5.74, 6) is -0.0835. The van der Waals surface area contributed by atoms with E-state index >= 15 is 0 Å². The number of carbonyl (C=O) groups is 1. The van der Waals surface area contributed by atoms with Crippen molar-refractivity contribution in [2.24, 2.45) is 0 Å². The molecule has 0 fully saturated rings. The van der Waals surface area contributed by atoms with Crippen LogP contribution in [0.5, 0.6) is 0 Å². The Labute approximate surface area is 108 Å². The van der Waals surface area contributed by atoms with Crippen molar-refractivity contribution in [3.63, 3.8) is 0 Å². The highest BCUT2D eigenvalue weighted by Crippen LogP contribution is 2.22. The fourth-order valence-corrected chi connectivity index (χ4v) is 2.41. The molecule has 0 bridgehead atoms. The molecule has 2 rings (SSSR count). The van der Waals surface area contributed by atoms with Gasteiger partial charge in [-0.1, -0.05) is 18.2 Å². The Morgan fingerprint density at radius 3 is 2.83 bits per heavy atom. The molecule has 0 saturated heterocycles. The lowest BCUT2D eigenvalue weighted by molar-refractivity contribution is -0.120. The molecular formula is C15H18N2O. The van der Waals surface area contributed by atoms with Crippen molar-refractivity contribution in [2.45, 2.75) is 45.1 Å². The first-order valence-corrected chi connectivity index (χ1v) is 6.48. The van der Waals surface area contributed by atoms with E-state index in [9.17, 15) is 4.79 Å². The summed E-state index contributed by atoms with van der Waals surface area (Å²) in [6.45, 7) is 1.69. The number of aryl methyl sites for hydroxylation is 2. The molecule has 1 aromatic carbocycles. The summed E-state index contributed by atoms with van der Waals surface area (Å²) in [5.41, 5.74) is 3.86. The molecule has 1 aromatic rings. The van der Waals surface area contributed by atoms with Crippen LogP contribution in [0.15, 0.2) is 18.2 Å². The molecule has 1 N–H and O–H groups in total. The molecule has 0 aliphatic heterocycles. The minimum Gasteiger partial charge on any atom is -0.340 e. The van der Waals surface area contributed by atoms with Crippen molar-refractivity contribution in [3.05, 3.63) is 34.9 Å². The highest BCUT2D eigenvalue weighted by molar-refractivity contribution is 5.79. The number of nitriles is 1. The van der Waals surface area contributed by atoms with Crippen LogP contribution < -0.4 is 5.32 Å². The van der Waals surface area contributed by atoms with Gasteiger partial charge in [-0.2, -0.15) is 5.26 Å². The highest BCUT2D eigenvalue weighted by Gasteiger charge is 2.12. The van der Waals surface area contributed by atoms with Crippen LogP contribution in [0.25, 0.3) is 0 Å². The summed E-state index contributed by atoms with van der Waals surface area (Å²) < 4.78 is 0. The van der Waals surface area contributed by atoms with Crippen LogP contribution in [0.4, 0.5) is 0 Å². The predicted octanol–water partition coefficient (Wildman–Crippen LogP) is 2.14. The van der Waals surface area contributed by atoms with E-state index in [0.29, 0.717) is 6.42 Å². The van der Waals surface area contributed by atoms with Crippen molar-refractivity contribution in [2.75, 3.05) is 0 Å². The van der Waals surface area contributed by atoms with Crippen molar-refractivity contribution in [1.29, 1.82) is 5.26 Å². The summed E-state index contributed by atoms with van der Waals surface area (Å²) >= 11 is 0. The van der Waals surface area contributed by atoms with Crippen LogP contribution in [-0.4, -0.2) is 11.9 Å². The number of hydrogen-bond donors (Lipinski definition) is 1. The molecule has 0 spiro atoms. The maximum absolute atomic E-state index is 11.7. The summed E-state index contributed by atoms with van der Waals surface area (Å²) in [6, 6.07) is 7.89. The smallest absolute Gasteiger partial charge is 0.225 e. The number of rotatable bonds is 3. The lowest BCUT2D eigenvalue weighted by atomic mass is 9.90. The van der Waals surface area contributed by atoms with Crippen LogP contribution in [0.2, 0.25) is 0 Å². The van der Waals surface area contributed by atoms with E-state index < -0.39 is 6.04 Å². The summed E-state index contributed by atoms with van der Waals surface area (Å²) in [6.07, 6.45) is 5.16. The van der Waals surface area contributed by atoms with Gasteiger partial charge >= 0.3 is 0 Å². The van der Waals surface area contributed by atoms with Gasteiger partial charge in [0.2, 0.25) is 5.91 Å². The van der Waals surface area contributed by atoms with E-state index in [0.717, 1.165) is 18.4 Å². The van der Waals surface area contributed by atoms with E-state index in [2.05, 4.69) is 17.4 Å². The van der Waals surface area contributed by atoms with E-state index in [1.165, 1.54) is 24.0 Å². The van der Waals surface area contributed by atoms with Crippen LogP contribution in [0, 0.1) is 11.3 Å². The first-order valence-electron chi connectivity index (χ1n) is 6.48. The highest BCUT2D eigenvalue weighted by atomic mass is 16.1. The zero-order valence-corrected chi connectivity index (χ0v) is 10.7. The lowest BCUT2D eigenvalue weighted by Crippen LogP contribution is -2.32. The van der Waals surface area contributed by atoms with Gasteiger partial charge in [0.05, 0.1) is 12.5 Å². The van der Waals surface area contributed by atoms with Crippen LogP contribution in [0.3, 0.4) is 0 Å². The molecule has 1 aliphatic carbocycles. The molecule has 1 amide bonds. The molecule has 0 saturated carbocycles. The Kier molecular flexibility index (Phi) is 3.99. The Morgan fingerprint density at radius 2 is 2.11 bits per heavy atom. The van der Waals surface area contributed by atoms with Gasteiger partial charge < -0.3 is 5.32 Å². The average Bonchev–Trinajstić information content (AvgIpc) is 2.38. The maximum Gasteiger partial charge on any atom is 0.225 e. The Morgan fingerprint density at radius 1 is 1.39 bits per heavy atom. The Balaban J connectivity index is 2.02. The van der Waals surface area contributed by atoms with Gasteiger partial charge in [0.1, 0.15) is 6.04 Å². The first-order chi connectivity index (χ1) is 8.69. The SMILES string of the molecule is CC(C#N)NC(=O)Cc1ccc2c(c1)CCCC2. The molecule has 1 unspecified atom stereocenters. The molecular weight excluding hydrogens is 224 g/mol. The van der Waals surface area contributed by atoms with Crippen LogP contribution in [0.1, 0.15) is 36.5 Å². The van der Waals surface area contributed by atoms with Gasteiger partial charge in [0.15, 0.2) is 0 Å². The quantitative estimate of drug-likeness (QED) is 0.882. The number of nitrogens with zero attached hydrogens (tertiary/aromatic N) is 1. The van der Waals surface area contributed by atoms with Crippen LogP contribution >= 0.6 is 0 Å². The standard InChI is InChI=1S/C15H18N2O/c1-11(10-16)17-15(18)9-12-6-7-13-4-2-3-5-14(13)8-12/h6-8,11H,2-5,9H2,1H3,(H,17,18). The van der Waals surface area contributed by atoms with Gasteiger partial charge in [0.25, 0.3) is 0 Å². The van der Waals surface area contributed by atoms with E-state index in [1.54, 1.807) is 6.92 Å². The van der Waals surface area contributed by atoms with Gasteiger partial charge in [-0.05, 0) is 49.3 Å². The van der Waals surface area contributed by atoms with Gasteiger partial charge in [0, 0.05) is 0 Å². The number of amides is 1. The van der Waals surface area contributed by atoms with Crippen molar-refractivity contribution < 1.29 is 4.79 Å². The summed E-state index contributed by atoms with van der Waals surface area (Å²) in [7, 11) is 0. The second-order valence-corrected chi connectivity index (χ2v) is 4.91. The molecule has 1 atom stereocenters. The van der Waals surface area contributed by atoms with Crippen molar-refractivity contribution in [3.8, 4) is 6.07 Å². The molecule has 94 valence electrons. The fraction of sp³-hybridized carbons (Fsp3) is 0.467. The largest absolute Gasteiger partial charge is 0.340 e. The van der Waals surface area contributed by atoms with E-state index in [1.807, 2.05) is 12.1 Å². The third-order valence-corrected chi connectivity index (χ3v) is 3.35. The third kappa shape index (κ3) is 3.10. The molecule has 0 aromatic heterocycles. The second-order valence-electron chi connectivity index (χ2n) is 4.91. The summed E-state index contributed by atoms with van der Waals surface area (Å²) in [5, 5.41) is 11.3. The van der Waals surface area contributed by atoms with Gasteiger partial charge in [-0.15, -0.1) is 0 Å². The van der Waals surface area contributed by atoms with Crippen molar-refractivity contribution >= 4 is 5.91 Å². The molecule has 18 heavy (non-hydrogen) atoms. The lowest BCUT2D eigenvalue weighted by Gasteiger charge is -2.16. The number of fused-ring (bicyclic) bond motifs is 1. The average molecular weight is 242 g/mol. The van der Waals surface area contributed by atoms with E-state index in [-0.39, 0.29) is 5.91 Å². The fourth-order valence-electron chi connectivity index (χ4n) is 2.41. The van der Waals surface area contributed by atoms with Crippen molar-refractivity contribution in [1.82, 2.24) is 5.32 Å².